The summed E-state index contributed by atoms with van der Waals surface area (Å²) in [6, 6.07) is 6.91. The van der Waals surface area contributed by atoms with Crippen molar-refractivity contribution in [1.82, 2.24) is 16.0 Å². The van der Waals surface area contributed by atoms with Crippen molar-refractivity contribution >= 4 is 41.6 Å². The minimum atomic E-state index is -0.948. The number of para-hydroxylation sites is 1. The van der Waals surface area contributed by atoms with E-state index in [1.54, 1.807) is 18.9 Å². The van der Waals surface area contributed by atoms with Crippen LogP contribution in [0.4, 0.5) is 5.69 Å². The van der Waals surface area contributed by atoms with Crippen LogP contribution in [-0.4, -0.2) is 66.8 Å². The highest BCUT2D eigenvalue weighted by atomic mass is 32.2. The van der Waals surface area contributed by atoms with Gasteiger partial charge < -0.3 is 26.0 Å². The number of amides is 4. The molecule has 37 heavy (non-hydrogen) atoms. The molecule has 9 nitrogen and oxygen atoms in total. The number of fused-ring (bicyclic) bond motifs is 1. The Hall–Kier alpha value is -2.59. The number of aliphatic hydroxyl groups excluding tert-OH is 1. The second kappa shape index (κ2) is 14.4. The van der Waals surface area contributed by atoms with Crippen molar-refractivity contribution in [2.24, 2.45) is 11.3 Å². The van der Waals surface area contributed by atoms with Crippen molar-refractivity contribution in [1.29, 1.82) is 0 Å². The Morgan fingerprint density at radius 2 is 1.97 bits per heavy atom. The normalized spacial score (nSPS) is 17.7. The molecule has 206 valence electrons. The monoisotopic (exact) mass is 534 g/mol. The van der Waals surface area contributed by atoms with Gasteiger partial charge in [-0.25, -0.2) is 0 Å². The van der Waals surface area contributed by atoms with E-state index in [0.29, 0.717) is 19.4 Å². The van der Waals surface area contributed by atoms with Gasteiger partial charge in [-0.3, -0.25) is 19.2 Å². The van der Waals surface area contributed by atoms with Crippen LogP contribution in [0.5, 0.6) is 0 Å². The van der Waals surface area contributed by atoms with Crippen LogP contribution < -0.4 is 20.9 Å². The number of hydrogen-bond acceptors (Lipinski definition) is 6. The molecule has 10 heteroatoms. The van der Waals surface area contributed by atoms with Gasteiger partial charge in [0.15, 0.2) is 0 Å². The molecule has 4 amide bonds. The summed E-state index contributed by atoms with van der Waals surface area (Å²) in [5.41, 5.74) is 0.201. The van der Waals surface area contributed by atoms with E-state index in [1.807, 2.05) is 45.0 Å². The number of unbranched alkanes of at least 4 members (excludes halogenated alkanes) is 1. The molecule has 1 aromatic rings. The number of carbonyl (C=O) groups is 4. The molecule has 2 rings (SSSR count). The number of aliphatic hydroxyl groups is 1. The van der Waals surface area contributed by atoms with E-state index in [1.165, 1.54) is 11.8 Å². The third-order valence-electron chi connectivity index (χ3n) is 6.63. The predicted molar refractivity (Wildman–Crippen MR) is 146 cm³/mol. The highest BCUT2D eigenvalue weighted by Crippen LogP contribution is 2.40. The Morgan fingerprint density at radius 1 is 1.27 bits per heavy atom. The van der Waals surface area contributed by atoms with Gasteiger partial charge in [-0.1, -0.05) is 46.2 Å². The van der Waals surface area contributed by atoms with Crippen molar-refractivity contribution in [3.05, 3.63) is 24.3 Å². The molecule has 0 spiro atoms. The zero-order valence-corrected chi connectivity index (χ0v) is 23.4. The third kappa shape index (κ3) is 9.03. The van der Waals surface area contributed by atoms with Crippen LogP contribution in [0.25, 0.3) is 0 Å². The minimum absolute atomic E-state index is 0.126. The van der Waals surface area contributed by atoms with Crippen molar-refractivity contribution < 1.29 is 24.3 Å². The van der Waals surface area contributed by atoms with Gasteiger partial charge in [0.1, 0.15) is 5.25 Å². The summed E-state index contributed by atoms with van der Waals surface area (Å²) < 4.78 is 0. The number of carbonyl (C=O) groups excluding carboxylic acids is 4. The van der Waals surface area contributed by atoms with Gasteiger partial charge >= 0.3 is 0 Å². The van der Waals surface area contributed by atoms with Gasteiger partial charge in [0.25, 0.3) is 0 Å². The van der Waals surface area contributed by atoms with Gasteiger partial charge in [-0.2, -0.15) is 0 Å². The van der Waals surface area contributed by atoms with Crippen LogP contribution in [0.2, 0.25) is 0 Å². The Labute approximate surface area is 224 Å². The van der Waals surface area contributed by atoms with E-state index in [-0.39, 0.29) is 37.1 Å². The molecule has 0 aliphatic carbocycles. The summed E-state index contributed by atoms with van der Waals surface area (Å²) in [4.78, 5) is 52.1. The Kier molecular flexibility index (Phi) is 11.9. The molecular weight excluding hydrogens is 492 g/mol. The van der Waals surface area contributed by atoms with Crippen LogP contribution in [0.1, 0.15) is 59.8 Å². The van der Waals surface area contributed by atoms with Crippen LogP contribution >= 0.6 is 11.8 Å². The Bertz CT molecular complexity index is 941. The maximum Gasteiger partial charge on any atom is 0.235 e. The van der Waals surface area contributed by atoms with Crippen LogP contribution in [0.3, 0.4) is 0 Å². The number of thioether (sulfide) groups is 1. The molecule has 1 heterocycles. The first-order chi connectivity index (χ1) is 17.5. The van der Waals surface area contributed by atoms with E-state index >= 15 is 0 Å². The number of hydrogen-bond donors (Lipinski definition) is 4. The van der Waals surface area contributed by atoms with Gasteiger partial charge in [0.2, 0.25) is 24.1 Å². The molecule has 1 aliphatic heterocycles. The second-order valence-electron chi connectivity index (χ2n) is 10.5. The molecule has 0 bridgehead atoms. The molecule has 0 unspecified atom stereocenters. The summed E-state index contributed by atoms with van der Waals surface area (Å²) in [7, 11) is 1.58. The molecule has 0 saturated heterocycles. The van der Waals surface area contributed by atoms with Gasteiger partial charge in [-0.05, 0) is 36.8 Å². The molecule has 1 aliphatic rings. The topological polar surface area (TPSA) is 128 Å². The first-order valence-electron chi connectivity index (χ1n) is 13.0. The fourth-order valence-electron chi connectivity index (χ4n) is 4.53. The SMILES string of the molecule is CCCCNC(=O)[C@H](C)C[C@H](O)[C@H](CC(C)(C)CC(=O)N1C[C@H](C(=O)NC)Sc2ccccc21)NC=O. The maximum absolute atomic E-state index is 13.5. The third-order valence-corrected chi connectivity index (χ3v) is 7.88. The summed E-state index contributed by atoms with van der Waals surface area (Å²) in [6.45, 7) is 8.49. The summed E-state index contributed by atoms with van der Waals surface area (Å²) in [6.07, 6.45) is 2.15. The lowest BCUT2D eigenvalue weighted by molar-refractivity contribution is -0.125. The highest BCUT2D eigenvalue weighted by Gasteiger charge is 2.36. The summed E-state index contributed by atoms with van der Waals surface area (Å²) >= 11 is 1.44. The molecule has 4 atom stereocenters. The smallest absolute Gasteiger partial charge is 0.235 e. The minimum Gasteiger partial charge on any atom is -0.391 e. The Balaban J connectivity index is 2.08. The van der Waals surface area contributed by atoms with Crippen LogP contribution in [0.15, 0.2) is 29.2 Å². The lowest BCUT2D eigenvalue weighted by Gasteiger charge is -2.37. The zero-order valence-electron chi connectivity index (χ0n) is 22.6. The quantitative estimate of drug-likeness (QED) is 0.214. The summed E-state index contributed by atoms with van der Waals surface area (Å²) in [5.74, 6) is -0.812. The molecule has 4 N–H and O–H groups in total. The first kappa shape index (κ1) is 30.6. The van der Waals surface area contributed by atoms with E-state index in [4.69, 9.17) is 0 Å². The molecule has 0 saturated carbocycles. The van der Waals surface area contributed by atoms with Crippen molar-refractivity contribution in [2.75, 3.05) is 25.0 Å². The maximum atomic E-state index is 13.5. The van der Waals surface area contributed by atoms with Crippen LogP contribution in [0, 0.1) is 11.3 Å². The number of rotatable bonds is 14. The second-order valence-corrected chi connectivity index (χ2v) is 11.7. The van der Waals surface area contributed by atoms with Crippen molar-refractivity contribution in [3.63, 3.8) is 0 Å². The lowest BCUT2D eigenvalue weighted by atomic mass is 9.79. The van der Waals surface area contributed by atoms with Gasteiger partial charge in [0, 0.05) is 37.4 Å². The van der Waals surface area contributed by atoms with E-state index in [2.05, 4.69) is 16.0 Å². The Morgan fingerprint density at radius 3 is 2.62 bits per heavy atom. The fraction of sp³-hybridized carbons (Fsp3) is 0.630. The molecule has 0 aromatic heterocycles. The largest absolute Gasteiger partial charge is 0.391 e. The number of nitrogens with one attached hydrogen (secondary N) is 3. The molecular formula is C27H42N4O5S. The van der Waals surface area contributed by atoms with Crippen molar-refractivity contribution in [2.45, 2.75) is 82.1 Å². The first-order valence-corrected chi connectivity index (χ1v) is 13.8. The van der Waals surface area contributed by atoms with Gasteiger partial charge in [-0.15, -0.1) is 11.8 Å². The predicted octanol–water partition coefficient (Wildman–Crippen LogP) is 2.46. The van der Waals surface area contributed by atoms with Gasteiger partial charge in [0.05, 0.1) is 17.8 Å². The molecule has 1 aromatic carbocycles. The fourth-order valence-corrected chi connectivity index (χ4v) is 5.74. The molecule has 0 fully saturated rings. The van der Waals surface area contributed by atoms with E-state index in [0.717, 1.165) is 23.4 Å². The standard InChI is InChI=1S/C27H42N4O5S/c1-6-7-12-29-25(35)18(2)13-21(33)19(30-17-32)14-27(3,4)15-24(34)31-16-23(26(36)28-5)37-22-11-9-8-10-20(22)31/h8-11,17-19,21,23,33H,6-7,12-16H2,1-5H3,(H,28,36)(H,29,35)(H,30,32)/t18-,19+,21+,23-/m1/s1. The van der Waals surface area contributed by atoms with Crippen molar-refractivity contribution in [3.8, 4) is 0 Å². The summed E-state index contributed by atoms with van der Waals surface area (Å²) in [5, 5.41) is 18.7. The number of anilines is 1. The highest BCUT2D eigenvalue weighted by molar-refractivity contribution is 8.00. The van der Waals surface area contributed by atoms with E-state index < -0.39 is 28.7 Å². The van der Waals surface area contributed by atoms with E-state index in [9.17, 15) is 24.3 Å². The average Bonchev–Trinajstić information content (AvgIpc) is 2.86. The molecule has 0 radical (unpaired) electrons. The number of nitrogens with zero attached hydrogens (tertiary/aromatic N) is 1. The zero-order chi connectivity index (χ0) is 27.6. The lowest BCUT2D eigenvalue weighted by Crippen LogP contribution is -2.47. The average molecular weight is 535 g/mol. The number of benzene rings is 1. The van der Waals surface area contributed by atoms with Crippen LogP contribution in [-0.2, 0) is 19.2 Å².